The van der Waals surface area contributed by atoms with Crippen LogP contribution in [0.2, 0.25) is 5.02 Å². The second kappa shape index (κ2) is 6.26. The molecule has 0 radical (unpaired) electrons. The van der Waals surface area contributed by atoms with Gasteiger partial charge in [0.25, 0.3) is 0 Å². The zero-order valence-corrected chi connectivity index (χ0v) is 13.9. The first-order valence-electron chi connectivity index (χ1n) is 7.07. The molecule has 2 aromatic carbocycles. The van der Waals surface area contributed by atoms with E-state index in [1.54, 1.807) is 36.4 Å². The lowest BCUT2D eigenvalue weighted by atomic mass is 10.2. The second-order valence-electron chi connectivity index (χ2n) is 5.28. The van der Waals surface area contributed by atoms with Crippen LogP contribution in [-0.2, 0) is 19.4 Å². The molecule has 1 atom stereocenters. The van der Waals surface area contributed by atoms with Gasteiger partial charge in [-0.1, -0.05) is 23.7 Å². The summed E-state index contributed by atoms with van der Waals surface area (Å²) in [6.07, 6.45) is -0.467. The van der Waals surface area contributed by atoms with Crippen LogP contribution < -0.4 is 10.6 Å². The van der Waals surface area contributed by atoms with Gasteiger partial charge >= 0.3 is 0 Å². The molecule has 1 heterocycles. The van der Waals surface area contributed by atoms with Crippen molar-refractivity contribution in [3.05, 3.63) is 53.6 Å². The summed E-state index contributed by atoms with van der Waals surface area (Å²) in [5.41, 5.74) is 0.704. The molecule has 0 saturated carbocycles. The van der Waals surface area contributed by atoms with E-state index < -0.39 is 33.3 Å². The van der Waals surface area contributed by atoms with E-state index in [2.05, 4.69) is 10.6 Å². The van der Waals surface area contributed by atoms with Crippen molar-refractivity contribution in [2.24, 2.45) is 0 Å². The maximum Gasteiger partial charge on any atom is 0.243 e. The van der Waals surface area contributed by atoms with Crippen molar-refractivity contribution < 1.29 is 18.0 Å². The summed E-state index contributed by atoms with van der Waals surface area (Å²) in [6.45, 7) is 0. The minimum Gasteiger partial charge on any atom is -0.326 e. The quantitative estimate of drug-likeness (QED) is 0.875. The number of carbonyl (C=O) groups excluding carboxylic acids is 2. The van der Waals surface area contributed by atoms with Gasteiger partial charge in [-0.3, -0.25) is 9.59 Å². The number of halogens is 1. The molecular formula is C16H13ClN2O4S. The summed E-state index contributed by atoms with van der Waals surface area (Å²) in [4.78, 5) is 24.3. The Morgan fingerprint density at radius 3 is 2.50 bits per heavy atom. The fraction of sp³-hybridized carbons (Fsp3) is 0.125. The summed E-state index contributed by atoms with van der Waals surface area (Å²) in [5, 5.41) is 4.14. The molecule has 2 amide bonds. The SMILES string of the molecule is O=C(C[C@@H]1C(=O)Nc2ccccc2S1(=O)=O)Nc1ccc(Cl)cc1. The summed E-state index contributed by atoms with van der Waals surface area (Å²) < 4.78 is 25.2. The lowest BCUT2D eigenvalue weighted by Crippen LogP contribution is -2.42. The van der Waals surface area contributed by atoms with Gasteiger partial charge in [0.05, 0.1) is 17.0 Å². The molecule has 6 nitrogen and oxygen atoms in total. The molecule has 1 aliphatic rings. The highest BCUT2D eigenvalue weighted by molar-refractivity contribution is 7.93. The highest BCUT2D eigenvalue weighted by Gasteiger charge is 2.41. The average Bonchev–Trinajstić information content (AvgIpc) is 2.54. The van der Waals surface area contributed by atoms with Crippen molar-refractivity contribution in [2.45, 2.75) is 16.6 Å². The Kier molecular flexibility index (Phi) is 4.29. The van der Waals surface area contributed by atoms with E-state index in [-0.39, 0.29) is 10.6 Å². The van der Waals surface area contributed by atoms with Crippen LogP contribution in [0.25, 0.3) is 0 Å². The molecule has 0 unspecified atom stereocenters. The van der Waals surface area contributed by atoms with E-state index in [4.69, 9.17) is 11.6 Å². The Labute approximate surface area is 143 Å². The molecule has 0 bridgehead atoms. The fourth-order valence-corrected chi connectivity index (χ4v) is 4.28. The van der Waals surface area contributed by atoms with E-state index in [1.807, 2.05) is 0 Å². The number of hydrogen-bond donors (Lipinski definition) is 2. The highest BCUT2D eigenvalue weighted by atomic mass is 35.5. The third kappa shape index (κ3) is 3.13. The van der Waals surface area contributed by atoms with Crippen molar-refractivity contribution >= 4 is 44.6 Å². The number of rotatable bonds is 3. The van der Waals surface area contributed by atoms with E-state index in [0.717, 1.165) is 0 Å². The van der Waals surface area contributed by atoms with Crippen molar-refractivity contribution in [1.82, 2.24) is 0 Å². The largest absolute Gasteiger partial charge is 0.326 e. The number of para-hydroxylation sites is 1. The number of hydrogen-bond acceptors (Lipinski definition) is 4. The molecule has 0 aliphatic carbocycles. The van der Waals surface area contributed by atoms with Crippen LogP contribution >= 0.6 is 11.6 Å². The van der Waals surface area contributed by atoms with Gasteiger partial charge < -0.3 is 10.6 Å². The molecule has 8 heteroatoms. The van der Waals surface area contributed by atoms with Crippen molar-refractivity contribution in [3.8, 4) is 0 Å². The Balaban J connectivity index is 1.81. The molecule has 3 rings (SSSR count). The molecule has 0 saturated heterocycles. The monoisotopic (exact) mass is 364 g/mol. The number of amides is 2. The smallest absolute Gasteiger partial charge is 0.243 e. The van der Waals surface area contributed by atoms with Gasteiger partial charge in [-0.15, -0.1) is 0 Å². The molecular weight excluding hydrogens is 352 g/mol. The average molecular weight is 365 g/mol. The number of nitrogens with one attached hydrogen (secondary N) is 2. The van der Waals surface area contributed by atoms with Crippen LogP contribution in [0, 0.1) is 0 Å². The van der Waals surface area contributed by atoms with Gasteiger partial charge in [0.15, 0.2) is 15.1 Å². The first kappa shape index (κ1) is 16.5. The van der Waals surface area contributed by atoms with Gasteiger partial charge in [-0.05, 0) is 36.4 Å². The van der Waals surface area contributed by atoms with E-state index in [0.29, 0.717) is 10.7 Å². The summed E-state index contributed by atoms with van der Waals surface area (Å²) in [7, 11) is -3.92. The Morgan fingerprint density at radius 2 is 1.79 bits per heavy atom. The fourth-order valence-electron chi connectivity index (χ4n) is 2.44. The molecule has 2 aromatic rings. The zero-order chi connectivity index (χ0) is 17.3. The van der Waals surface area contributed by atoms with Gasteiger partial charge in [-0.2, -0.15) is 0 Å². The topological polar surface area (TPSA) is 92.3 Å². The Hall–Kier alpha value is -2.38. The van der Waals surface area contributed by atoms with Crippen LogP contribution in [0.15, 0.2) is 53.4 Å². The molecule has 24 heavy (non-hydrogen) atoms. The number of sulfone groups is 1. The predicted octanol–water partition coefficient (Wildman–Crippen LogP) is 2.46. The molecule has 1 aliphatic heterocycles. The standard InChI is InChI=1S/C16H13ClN2O4S/c17-10-5-7-11(8-6-10)18-15(20)9-14-16(21)19-12-3-1-2-4-13(12)24(14,22)23/h1-8,14H,9H2,(H,18,20)(H,19,21)/t14-/m1/s1. The second-order valence-corrected chi connectivity index (χ2v) is 7.81. The zero-order valence-electron chi connectivity index (χ0n) is 12.3. The van der Waals surface area contributed by atoms with Gasteiger partial charge in [0.2, 0.25) is 11.8 Å². The minimum atomic E-state index is -3.92. The molecule has 0 aromatic heterocycles. The minimum absolute atomic E-state index is 0.0221. The lowest BCUT2D eigenvalue weighted by molar-refractivity contribution is -0.121. The van der Waals surface area contributed by atoms with Gasteiger partial charge in [0, 0.05) is 10.7 Å². The van der Waals surface area contributed by atoms with Crippen molar-refractivity contribution in [1.29, 1.82) is 0 Å². The van der Waals surface area contributed by atoms with Crippen LogP contribution in [0.4, 0.5) is 11.4 Å². The summed E-state index contributed by atoms with van der Waals surface area (Å²) >= 11 is 5.76. The van der Waals surface area contributed by atoms with Crippen molar-refractivity contribution in [2.75, 3.05) is 10.6 Å². The van der Waals surface area contributed by atoms with Gasteiger partial charge in [-0.25, -0.2) is 8.42 Å². The van der Waals surface area contributed by atoms with Gasteiger partial charge in [0.1, 0.15) is 0 Å². The first-order chi connectivity index (χ1) is 11.4. The number of benzene rings is 2. The summed E-state index contributed by atoms with van der Waals surface area (Å²) in [6, 6.07) is 12.5. The van der Waals surface area contributed by atoms with Crippen LogP contribution in [-0.4, -0.2) is 25.5 Å². The number of carbonyl (C=O) groups is 2. The Bertz CT molecular complexity index is 910. The van der Waals surface area contributed by atoms with E-state index in [1.165, 1.54) is 12.1 Å². The number of anilines is 2. The Morgan fingerprint density at radius 1 is 1.12 bits per heavy atom. The molecule has 0 fully saturated rings. The maximum atomic E-state index is 12.6. The third-order valence-electron chi connectivity index (χ3n) is 3.62. The normalized spacial score (nSPS) is 18.4. The summed E-state index contributed by atoms with van der Waals surface area (Å²) in [5.74, 6) is -1.28. The maximum absolute atomic E-state index is 12.6. The molecule has 124 valence electrons. The predicted molar refractivity (Wildman–Crippen MR) is 90.7 cm³/mol. The third-order valence-corrected chi connectivity index (χ3v) is 5.97. The first-order valence-corrected chi connectivity index (χ1v) is 8.99. The van der Waals surface area contributed by atoms with Crippen LogP contribution in [0.3, 0.4) is 0 Å². The van der Waals surface area contributed by atoms with Crippen LogP contribution in [0.5, 0.6) is 0 Å². The van der Waals surface area contributed by atoms with E-state index >= 15 is 0 Å². The lowest BCUT2D eigenvalue weighted by Gasteiger charge is -2.24. The molecule has 2 N–H and O–H groups in total. The number of fused-ring (bicyclic) bond motifs is 1. The van der Waals surface area contributed by atoms with Crippen LogP contribution in [0.1, 0.15) is 6.42 Å². The van der Waals surface area contributed by atoms with E-state index in [9.17, 15) is 18.0 Å². The molecule has 0 spiro atoms. The van der Waals surface area contributed by atoms with Crippen molar-refractivity contribution in [3.63, 3.8) is 0 Å². The highest BCUT2D eigenvalue weighted by Crippen LogP contribution is 2.31.